The Balaban J connectivity index is 1.99. The molecule has 10 heteroatoms. The molecule has 174 valence electrons. The number of amides is 3. The van der Waals surface area contributed by atoms with E-state index in [1.54, 1.807) is 54.6 Å². The Labute approximate surface area is 195 Å². The molecule has 3 aromatic carbocycles. The third-order valence-corrected chi connectivity index (χ3v) is 4.28. The number of rotatable bonds is 5. The van der Waals surface area contributed by atoms with Gasteiger partial charge in [-0.25, -0.2) is 14.6 Å². The van der Waals surface area contributed by atoms with Gasteiger partial charge in [0.05, 0.1) is 25.6 Å². The van der Waals surface area contributed by atoms with E-state index in [-0.39, 0.29) is 17.6 Å². The van der Waals surface area contributed by atoms with Crippen LogP contribution in [0.4, 0.5) is 21.0 Å². The van der Waals surface area contributed by atoms with E-state index < -0.39 is 12.2 Å². The number of benzene rings is 3. The molecule has 3 rings (SSSR count). The first-order valence-electron chi connectivity index (χ1n) is 10.0. The van der Waals surface area contributed by atoms with Gasteiger partial charge in [-0.1, -0.05) is 36.4 Å². The quantitative estimate of drug-likeness (QED) is 0.380. The number of anilines is 1. The molecule has 0 aliphatic rings. The number of carbonyl (C=O) groups is 3. The predicted molar refractivity (Wildman–Crippen MR) is 126 cm³/mol. The Morgan fingerprint density at radius 2 is 1.32 bits per heavy atom. The fourth-order valence-electron chi connectivity index (χ4n) is 2.68. The van der Waals surface area contributed by atoms with E-state index in [0.29, 0.717) is 22.7 Å². The van der Waals surface area contributed by atoms with Gasteiger partial charge < -0.3 is 19.5 Å². The van der Waals surface area contributed by atoms with Gasteiger partial charge in [-0.05, 0) is 36.4 Å². The van der Waals surface area contributed by atoms with Gasteiger partial charge in [-0.3, -0.25) is 15.4 Å². The van der Waals surface area contributed by atoms with Gasteiger partial charge in [0.15, 0.2) is 0 Å². The summed E-state index contributed by atoms with van der Waals surface area (Å²) >= 11 is 0. The molecule has 0 unspecified atom stereocenters. The molecule has 10 nitrogen and oxygen atoms in total. The lowest BCUT2D eigenvalue weighted by Crippen LogP contribution is -2.43. The van der Waals surface area contributed by atoms with Crippen molar-refractivity contribution in [3.8, 4) is 11.5 Å². The molecule has 3 N–H and O–H groups in total. The first-order valence-corrected chi connectivity index (χ1v) is 10.0. The number of hydrogen-bond acceptors (Lipinski definition) is 7. The van der Waals surface area contributed by atoms with E-state index in [1.165, 1.54) is 6.07 Å². The maximum atomic E-state index is 12.7. The van der Waals surface area contributed by atoms with Gasteiger partial charge >= 0.3 is 12.2 Å². The van der Waals surface area contributed by atoms with Crippen LogP contribution in [-0.2, 0) is 9.47 Å². The molecule has 3 aromatic rings. The molecule has 0 heterocycles. The van der Waals surface area contributed by atoms with E-state index in [2.05, 4.69) is 30.4 Å². The Morgan fingerprint density at radius 3 is 1.91 bits per heavy atom. The zero-order valence-corrected chi connectivity index (χ0v) is 18.4. The Bertz CT molecular complexity index is 1160. The zero-order valence-electron chi connectivity index (χ0n) is 18.4. The van der Waals surface area contributed by atoms with Crippen molar-refractivity contribution in [1.29, 1.82) is 0 Å². The number of para-hydroxylation sites is 1. The fraction of sp³-hybridized carbons (Fsp3) is 0.0833. The molecule has 0 atom stereocenters. The summed E-state index contributed by atoms with van der Waals surface area (Å²) in [6.07, 6.45) is -1.75. The number of ether oxygens (including phenoxy) is 3. The van der Waals surface area contributed by atoms with Crippen LogP contribution in [0.25, 0.3) is 0 Å². The predicted octanol–water partition coefficient (Wildman–Crippen LogP) is 4.43. The summed E-state index contributed by atoms with van der Waals surface area (Å²) in [5, 5.41) is 7.34. The number of aliphatic imine (C=N–C) groups is 1. The van der Waals surface area contributed by atoms with Crippen LogP contribution in [-0.4, -0.2) is 38.3 Å². The highest BCUT2D eigenvalue weighted by Gasteiger charge is 2.15. The first-order chi connectivity index (χ1) is 16.5. The molecular weight excluding hydrogens is 440 g/mol. The van der Waals surface area contributed by atoms with Crippen molar-refractivity contribution < 1.29 is 28.6 Å². The second-order valence-corrected chi connectivity index (χ2v) is 6.61. The molecule has 0 aliphatic heterocycles. The van der Waals surface area contributed by atoms with Crippen LogP contribution in [0.5, 0.6) is 11.5 Å². The number of nitrogens with one attached hydrogen (secondary N) is 3. The van der Waals surface area contributed by atoms with E-state index in [1.807, 2.05) is 18.2 Å². The lowest BCUT2D eigenvalue weighted by molar-refractivity contribution is 0.102. The molecule has 0 aliphatic carbocycles. The van der Waals surface area contributed by atoms with E-state index in [9.17, 15) is 14.4 Å². The van der Waals surface area contributed by atoms with Crippen molar-refractivity contribution in [2.45, 2.75) is 0 Å². The van der Waals surface area contributed by atoms with Crippen molar-refractivity contribution in [2.24, 2.45) is 4.99 Å². The standard InChI is InChI=1S/C24H22N4O6/c1-32-23(30)27-22(28-24(31)33-2)26-20-15-18(34-17-11-7-4-8-12-17)13-14-19(20)25-21(29)16-9-5-3-6-10-16/h3-15H,1-2H3,(H,25,29)(H2,26,27,28,30,31). The average Bonchev–Trinajstić information content (AvgIpc) is 2.86. The summed E-state index contributed by atoms with van der Waals surface area (Å²) in [6, 6.07) is 22.4. The number of guanidine groups is 1. The number of hydrogen-bond donors (Lipinski definition) is 3. The number of nitrogens with zero attached hydrogens (tertiary/aromatic N) is 1. The second-order valence-electron chi connectivity index (χ2n) is 6.61. The zero-order chi connectivity index (χ0) is 24.3. The summed E-state index contributed by atoms with van der Waals surface area (Å²) < 4.78 is 15.0. The van der Waals surface area contributed by atoms with Crippen LogP contribution in [0.3, 0.4) is 0 Å². The van der Waals surface area contributed by atoms with Gasteiger partial charge in [0.1, 0.15) is 11.5 Å². The van der Waals surface area contributed by atoms with E-state index >= 15 is 0 Å². The van der Waals surface area contributed by atoms with Crippen LogP contribution >= 0.6 is 0 Å². The van der Waals surface area contributed by atoms with Crippen molar-refractivity contribution in [3.63, 3.8) is 0 Å². The number of alkyl carbamates (subject to hydrolysis) is 2. The maximum Gasteiger partial charge on any atom is 0.413 e. The van der Waals surface area contributed by atoms with E-state index in [0.717, 1.165) is 14.2 Å². The maximum absolute atomic E-state index is 12.7. The van der Waals surface area contributed by atoms with Crippen molar-refractivity contribution >= 4 is 35.4 Å². The minimum Gasteiger partial charge on any atom is -0.457 e. The van der Waals surface area contributed by atoms with Gasteiger partial charge in [0.2, 0.25) is 5.96 Å². The number of carbonyl (C=O) groups excluding carboxylic acids is 3. The smallest absolute Gasteiger partial charge is 0.413 e. The highest BCUT2D eigenvalue weighted by molar-refractivity contribution is 6.07. The van der Waals surface area contributed by atoms with Crippen LogP contribution < -0.4 is 20.7 Å². The molecule has 0 aromatic heterocycles. The highest BCUT2D eigenvalue weighted by Crippen LogP contribution is 2.32. The third kappa shape index (κ3) is 6.82. The van der Waals surface area contributed by atoms with Crippen LogP contribution in [0.1, 0.15) is 10.4 Å². The minimum atomic E-state index is -0.873. The lowest BCUT2D eigenvalue weighted by atomic mass is 10.2. The summed E-state index contributed by atoms with van der Waals surface area (Å²) in [6.45, 7) is 0. The molecule has 3 amide bonds. The topological polar surface area (TPSA) is 127 Å². The molecule has 0 radical (unpaired) electrons. The molecule has 0 spiro atoms. The van der Waals surface area contributed by atoms with Gasteiger partial charge in [0.25, 0.3) is 5.91 Å². The summed E-state index contributed by atoms with van der Waals surface area (Å²) in [5.74, 6) is 0.320. The van der Waals surface area contributed by atoms with Crippen molar-refractivity contribution in [1.82, 2.24) is 10.6 Å². The normalized spacial score (nSPS) is 9.82. The number of methoxy groups -OCH3 is 2. The Hall–Kier alpha value is -4.86. The molecule has 0 bridgehead atoms. The van der Waals surface area contributed by atoms with Crippen molar-refractivity contribution in [3.05, 3.63) is 84.4 Å². The minimum absolute atomic E-state index is 0.181. The molecule has 0 fully saturated rings. The van der Waals surface area contributed by atoms with Gasteiger partial charge in [0, 0.05) is 11.6 Å². The van der Waals surface area contributed by atoms with Crippen LogP contribution in [0, 0.1) is 0 Å². The summed E-state index contributed by atoms with van der Waals surface area (Å²) in [5.41, 5.74) is 0.910. The Kier molecular flexibility index (Phi) is 8.17. The highest BCUT2D eigenvalue weighted by atomic mass is 16.5. The summed E-state index contributed by atoms with van der Waals surface area (Å²) in [7, 11) is 2.32. The van der Waals surface area contributed by atoms with Crippen molar-refractivity contribution in [2.75, 3.05) is 19.5 Å². The average molecular weight is 462 g/mol. The van der Waals surface area contributed by atoms with E-state index in [4.69, 9.17) is 4.74 Å². The molecular formula is C24H22N4O6. The monoisotopic (exact) mass is 462 g/mol. The largest absolute Gasteiger partial charge is 0.457 e. The van der Waals surface area contributed by atoms with Gasteiger partial charge in [-0.2, -0.15) is 0 Å². The SMILES string of the molecule is COC(=O)NC(=Nc1cc(Oc2ccccc2)ccc1NC(=O)c1ccccc1)NC(=O)OC. The molecule has 0 saturated heterocycles. The second kappa shape index (κ2) is 11.7. The fourth-order valence-corrected chi connectivity index (χ4v) is 2.68. The first kappa shape index (κ1) is 23.8. The Morgan fingerprint density at radius 1 is 0.735 bits per heavy atom. The molecule has 0 saturated carbocycles. The van der Waals surface area contributed by atoms with Crippen LogP contribution in [0.2, 0.25) is 0 Å². The third-order valence-electron chi connectivity index (χ3n) is 4.28. The molecule has 34 heavy (non-hydrogen) atoms. The van der Waals surface area contributed by atoms with Crippen LogP contribution in [0.15, 0.2) is 83.9 Å². The lowest BCUT2D eigenvalue weighted by Gasteiger charge is -2.13. The summed E-state index contributed by atoms with van der Waals surface area (Å²) in [4.78, 5) is 40.5. The van der Waals surface area contributed by atoms with Gasteiger partial charge in [-0.15, -0.1) is 0 Å².